The SMILES string of the molecule is CC[N+](C)(C)CC(ON)c1ccc(C)cc1. The first-order chi connectivity index (χ1) is 7.48. The van der Waals surface area contributed by atoms with Gasteiger partial charge < -0.3 is 4.48 Å². The highest BCUT2D eigenvalue weighted by molar-refractivity contribution is 5.23. The summed E-state index contributed by atoms with van der Waals surface area (Å²) in [5, 5.41) is 0. The van der Waals surface area contributed by atoms with E-state index in [-0.39, 0.29) is 6.10 Å². The Morgan fingerprint density at radius 1 is 1.25 bits per heavy atom. The summed E-state index contributed by atoms with van der Waals surface area (Å²) in [6.45, 7) is 6.19. The molecule has 0 aliphatic carbocycles. The fourth-order valence-corrected chi connectivity index (χ4v) is 1.59. The quantitative estimate of drug-likeness (QED) is 0.612. The van der Waals surface area contributed by atoms with Crippen LogP contribution >= 0.6 is 0 Å². The molecule has 0 bridgehead atoms. The third-order valence-corrected chi connectivity index (χ3v) is 3.13. The third kappa shape index (κ3) is 3.59. The molecule has 0 saturated heterocycles. The van der Waals surface area contributed by atoms with E-state index >= 15 is 0 Å². The summed E-state index contributed by atoms with van der Waals surface area (Å²) in [4.78, 5) is 5.10. The van der Waals surface area contributed by atoms with Crippen LogP contribution in [0.5, 0.6) is 0 Å². The molecule has 0 fully saturated rings. The van der Waals surface area contributed by atoms with Gasteiger partial charge in [0.15, 0.2) is 6.10 Å². The van der Waals surface area contributed by atoms with E-state index in [4.69, 9.17) is 10.7 Å². The Kier molecular flexibility index (Phi) is 4.47. The summed E-state index contributed by atoms with van der Waals surface area (Å²) in [5.74, 6) is 5.39. The largest absolute Gasteiger partial charge is 0.326 e. The second-order valence-electron chi connectivity index (χ2n) is 4.97. The van der Waals surface area contributed by atoms with Crippen molar-refractivity contribution in [3.8, 4) is 0 Å². The molecule has 0 aliphatic rings. The van der Waals surface area contributed by atoms with Gasteiger partial charge in [0, 0.05) is 0 Å². The number of hydrogen-bond donors (Lipinski definition) is 1. The maximum Gasteiger partial charge on any atom is 0.152 e. The van der Waals surface area contributed by atoms with Gasteiger partial charge >= 0.3 is 0 Å². The Morgan fingerprint density at radius 2 is 1.81 bits per heavy atom. The van der Waals surface area contributed by atoms with Crippen molar-refractivity contribution < 1.29 is 9.32 Å². The number of quaternary nitrogens is 1. The van der Waals surface area contributed by atoms with Crippen LogP contribution in [-0.2, 0) is 4.84 Å². The molecule has 1 aromatic rings. The lowest BCUT2D eigenvalue weighted by atomic mass is 10.1. The van der Waals surface area contributed by atoms with Gasteiger partial charge in [-0.15, -0.1) is 0 Å². The Balaban J connectivity index is 2.78. The summed E-state index contributed by atoms with van der Waals surface area (Å²) in [5.41, 5.74) is 2.40. The Bertz CT molecular complexity index is 319. The van der Waals surface area contributed by atoms with E-state index in [0.29, 0.717) is 0 Å². The third-order valence-electron chi connectivity index (χ3n) is 3.13. The maximum atomic E-state index is 5.39. The normalized spacial score (nSPS) is 13.8. The van der Waals surface area contributed by atoms with E-state index in [0.717, 1.165) is 23.1 Å². The van der Waals surface area contributed by atoms with E-state index in [1.54, 1.807) is 0 Å². The molecular weight excluding hydrogens is 200 g/mol. The van der Waals surface area contributed by atoms with E-state index in [1.807, 2.05) is 0 Å². The van der Waals surface area contributed by atoms with Crippen LogP contribution in [-0.4, -0.2) is 31.7 Å². The van der Waals surface area contributed by atoms with Crippen LogP contribution in [0.15, 0.2) is 24.3 Å². The van der Waals surface area contributed by atoms with Crippen molar-refractivity contribution in [1.82, 2.24) is 0 Å². The molecular formula is C13H23N2O+. The van der Waals surface area contributed by atoms with E-state index in [1.165, 1.54) is 5.56 Å². The maximum absolute atomic E-state index is 5.39. The van der Waals surface area contributed by atoms with Crippen molar-refractivity contribution >= 4 is 0 Å². The van der Waals surface area contributed by atoms with Crippen molar-refractivity contribution in [2.75, 3.05) is 27.2 Å². The number of aryl methyl sites for hydroxylation is 1. The van der Waals surface area contributed by atoms with E-state index < -0.39 is 0 Å². The Labute approximate surface area is 98.4 Å². The number of benzene rings is 1. The topological polar surface area (TPSA) is 35.2 Å². The molecule has 1 aromatic carbocycles. The zero-order valence-corrected chi connectivity index (χ0v) is 10.7. The molecule has 0 heterocycles. The van der Waals surface area contributed by atoms with Gasteiger partial charge in [0.05, 0.1) is 20.6 Å². The van der Waals surface area contributed by atoms with Crippen molar-refractivity contribution in [3.63, 3.8) is 0 Å². The van der Waals surface area contributed by atoms with Crippen LogP contribution in [0.1, 0.15) is 24.2 Å². The van der Waals surface area contributed by atoms with Gasteiger partial charge in [0.2, 0.25) is 0 Å². The molecule has 90 valence electrons. The lowest BCUT2D eigenvalue weighted by Crippen LogP contribution is -2.43. The highest BCUT2D eigenvalue weighted by Crippen LogP contribution is 2.19. The Hall–Kier alpha value is -0.900. The van der Waals surface area contributed by atoms with Gasteiger partial charge in [-0.1, -0.05) is 29.8 Å². The molecule has 1 rings (SSSR count). The molecule has 1 atom stereocenters. The van der Waals surface area contributed by atoms with Gasteiger partial charge in [0.25, 0.3) is 0 Å². The minimum atomic E-state index is -0.0319. The van der Waals surface area contributed by atoms with Gasteiger partial charge in [-0.2, -0.15) is 0 Å². The minimum Gasteiger partial charge on any atom is -0.326 e. The van der Waals surface area contributed by atoms with Crippen LogP contribution in [0.25, 0.3) is 0 Å². The lowest BCUT2D eigenvalue weighted by molar-refractivity contribution is -0.892. The van der Waals surface area contributed by atoms with Crippen LogP contribution in [0.3, 0.4) is 0 Å². The molecule has 0 saturated carbocycles. The number of hydrogen-bond acceptors (Lipinski definition) is 2. The Morgan fingerprint density at radius 3 is 2.25 bits per heavy atom. The zero-order chi connectivity index (χ0) is 12.2. The fourth-order valence-electron chi connectivity index (χ4n) is 1.59. The predicted octanol–water partition coefficient (Wildman–Crippen LogP) is 2.02. The van der Waals surface area contributed by atoms with Gasteiger partial charge in [0.1, 0.15) is 6.54 Å². The van der Waals surface area contributed by atoms with Crippen molar-refractivity contribution in [3.05, 3.63) is 35.4 Å². The lowest BCUT2D eigenvalue weighted by Gasteiger charge is -2.31. The monoisotopic (exact) mass is 223 g/mol. The fraction of sp³-hybridized carbons (Fsp3) is 0.538. The number of nitrogens with zero attached hydrogens (tertiary/aromatic N) is 1. The molecule has 0 aliphatic heterocycles. The number of nitrogens with two attached hydrogens (primary N) is 1. The molecule has 2 N–H and O–H groups in total. The van der Waals surface area contributed by atoms with E-state index in [2.05, 4.69) is 52.2 Å². The minimum absolute atomic E-state index is 0.0319. The first kappa shape index (κ1) is 13.2. The highest BCUT2D eigenvalue weighted by Gasteiger charge is 2.22. The summed E-state index contributed by atoms with van der Waals surface area (Å²) in [7, 11) is 4.36. The molecule has 0 spiro atoms. The molecule has 16 heavy (non-hydrogen) atoms. The molecule has 0 aromatic heterocycles. The second-order valence-corrected chi connectivity index (χ2v) is 4.97. The average Bonchev–Trinajstić information content (AvgIpc) is 2.27. The first-order valence-electron chi connectivity index (χ1n) is 5.72. The van der Waals surface area contributed by atoms with Crippen molar-refractivity contribution in [2.45, 2.75) is 20.0 Å². The van der Waals surface area contributed by atoms with Crippen LogP contribution in [0.2, 0.25) is 0 Å². The summed E-state index contributed by atoms with van der Waals surface area (Å²) >= 11 is 0. The smallest absolute Gasteiger partial charge is 0.152 e. The van der Waals surface area contributed by atoms with Crippen molar-refractivity contribution in [2.24, 2.45) is 5.90 Å². The van der Waals surface area contributed by atoms with Gasteiger partial charge in [-0.25, -0.2) is 5.90 Å². The van der Waals surface area contributed by atoms with Gasteiger partial charge in [-0.05, 0) is 19.4 Å². The molecule has 3 heteroatoms. The standard InChI is InChI=1S/C13H23N2O/c1-5-15(3,4)10-13(16-14)12-8-6-11(2)7-9-12/h6-9,13H,5,10,14H2,1-4H3/q+1. The number of rotatable bonds is 5. The van der Waals surface area contributed by atoms with Crippen LogP contribution < -0.4 is 5.90 Å². The zero-order valence-electron chi connectivity index (χ0n) is 10.7. The summed E-state index contributed by atoms with van der Waals surface area (Å²) in [6.07, 6.45) is -0.0319. The highest BCUT2D eigenvalue weighted by atomic mass is 16.6. The van der Waals surface area contributed by atoms with Gasteiger partial charge in [-0.3, -0.25) is 4.84 Å². The average molecular weight is 223 g/mol. The van der Waals surface area contributed by atoms with Crippen LogP contribution in [0.4, 0.5) is 0 Å². The molecule has 3 nitrogen and oxygen atoms in total. The van der Waals surface area contributed by atoms with E-state index in [9.17, 15) is 0 Å². The molecule has 0 amide bonds. The predicted molar refractivity (Wildman–Crippen MR) is 66.7 cm³/mol. The number of likely N-dealkylation sites (N-methyl/N-ethyl adjacent to an activating group) is 1. The second kappa shape index (κ2) is 5.43. The molecule has 0 radical (unpaired) electrons. The first-order valence-corrected chi connectivity index (χ1v) is 5.72. The summed E-state index contributed by atoms with van der Waals surface area (Å²) in [6, 6.07) is 8.35. The molecule has 1 unspecified atom stereocenters. The van der Waals surface area contributed by atoms with Crippen LogP contribution in [0, 0.1) is 6.92 Å². The van der Waals surface area contributed by atoms with Crippen molar-refractivity contribution in [1.29, 1.82) is 0 Å². The summed E-state index contributed by atoms with van der Waals surface area (Å²) < 4.78 is 0.899.